The lowest BCUT2D eigenvalue weighted by Crippen LogP contribution is -2.20. The Hall–Kier alpha value is -1.26. The zero-order valence-electron chi connectivity index (χ0n) is 8.56. The van der Waals surface area contributed by atoms with Crippen LogP contribution in [0.15, 0.2) is 17.1 Å². The SMILES string of the molecule is CCCc1cn(C)c(C(F)(F)F)cc1=O. The molecular formula is C10H12F3NO. The van der Waals surface area contributed by atoms with Gasteiger partial charge in [0.1, 0.15) is 5.69 Å². The van der Waals surface area contributed by atoms with Gasteiger partial charge in [-0.15, -0.1) is 0 Å². The monoisotopic (exact) mass is 219 g/mol. The van der Waals surface area contributed by atoms with E-state index in [1.54, 1.807) is 0 Å². The summed E-state index contributed by atoms with van der Waals surface area (Å²) in [6.45, 7) is 1.87. The summed E-state index contributed by atoms with van der Waals surface area (Å²) < 4.78 is 38.1. The Labute approximate surface area is 85.3 Å². The molecule has 0 spiro atoms. The van der Waals surface area contributed by atoms with Crippen LogP contribution in [0.4, 0.5) is 13.2 Å². The van der Waals surface area contributed by atoms with Crippen LogP contribution in [-0.4, -0.2) is 4.57 Å². The summed E-state index contributed by atoms with van der Waals surface area (Å²) in [5.74, 6) is 0. The predicted octanol–water partition coefficient (Wildman–Crippen LogP) is 2.36. The van der Waals surface area contributed by atoms with Crippen LogP contribution in [-0.2, 0) is 19.6 Å². The molecule has 1 rings (SSSR count). The molecule has 1 heterocycles. The Morgan fingerprint density at radius 2 is 2.00 bits per heavy atom. The van der Waals surface area contributed by atoms with E-state index < -0.39 is 17.3 Å². The van der Waals surface area contributed by atoms with E-state index in [-0.39, 0.29) is 0 Å². The minimum Gasteiger partial charge on any atom is -0.347 e. The molecule has 0 aromatic carbocycles. The van der Waals surface area contributed by atoms with Crippen molar-refractivity contribution in [2.75, 3.05) is 0 Å². The van der Waals surface area contributed by atoms with Crippen LogP contribution in [0, 0.1) is 0 Å². The number of nitrogens with zero attached hydrogens (tertiary/aromatic N) is 1. The summed E-state index contributed by atoms with van der Waals surface area (Å²) in [6, 6.07) is 0.658. The maximum atomic E-state index is 12.4. The lowest BCUT2D eigenvalue weighted by Gasteiger charge is -2.12. The van der Waals surface area contributed by atoms with Gasteiger partial charge in [-0.2, -0.15) is 13.2 Å². The fourth-order valence-corrected chi connectivity index (χ4v) is 1.42. The first-order valence-corrected chi connectivity index (χ1v) is 4.63. The summed E-state index contributed by atoms with van der Waals surface area (Å²) in [6.07, 6.45) is -1.97. The molecule has 5 heteroatoms. The molecule has 0 fully saturated rings. The number of halogens is 3. The molecule has 0 saturated heterocycles. The van der Waals surface area contributed by atoms with Gasteiger partial charge in [-0.25, -0.2) is 0 Å². The number of aromatic nitrogens is 1. The summed E-state index contributed by atoms with van der Waals surface area (Å²) in [5, 5.41) is 0. The molecule has 0 aliphatic carbocycles. The molecule has 1 aromatic rings. The van der Waals surface area contributed by atoms with E-state index >= 15 is 0 Å². The minimum atomic E-state index is -4.47. The van der Waals surface area contributed by atoms with Crippen LogP contribution < -0.4 is 5.43 Å². The second-order valence-electron chi connectivity index (χ2n) is 3.41. The standard InChI is InChI=1S/C10H12F3NO/c1-3-4-7-6-14(2)9(5-8(7)15)10(11,12)13/h5-6H,3-4H2,1-2H3. The van der Waals surface area contributed by atoms with Crippen LogP contribution in [0.2, 0.25) is 0 Å². The minimum absolute atomic E-state index is 0.424. The zero-order chi connectivity index (χ0) is 11.6. The van der Waals surface area contributed by atoms with Gasteiger partial charge in [0.05, 0.1) is 0 Å². The summed E-state index contributed by atoms with van der Waals surface area (Å²) in [5.41, 5.74) is -1.03. The highest BCUT2D eigenvalue weighted by atomic mass is 19.4. The normalized spacial score (nSPS) is 11.8. The van der Waals surface area contributed by atoms with E-state index in [1.165, 1.54) is 13.2 Å². The Morgan fingerprint density at radius 3 is 2.47 bits per heavy atom. The Kier molecular flexibility index (Phi) is 3.21. The third kappa shape index (κ3) is 2.61. The number of alkyl halides is 3. The summed E-state index contributed by atoms with van der Waals surface area (Å²) in [4.78, 5) is 11.3. The highest BCUT2D eigenvalue weighted by Gasteiger charge is 2.33. The second kappa shape index (κ2) is 4.08. The van der Waals surface area contributed by atoms with Crippen LogP contribution in [0.3, 0.4) is 0 Å². The molecule has 84 valence electrons. The number of pyridine rings is 1. The van der Waals surface area contributed by atoms with Gasteiger partial charge < -0.3 is 4.57 Å². The van der Waals surface area contributed by atoms with E-state index in [0.717, 1.165) is 11.0 Å². The highest BCUT2D eigenvalue weighted by Crippen LogP contribution is 2.27. The molecule has 0 aliphatic rings. The average Bonchev–Trinajstić information content (AvgIpc) is 2.09. The number of hydrogen-bond acceptors (Lipinski definition) is 1. The summed E-state index contributed by atoms with van der Waals surface area (Å²) in [7, 11) is 1.29. The van der Waals surface area contributed by atoms with Crippen molar-refractivity contribution >= 4 is 0 Å². The largest absolute Gasteiger partial charge is 0.431 e. The van der Waals surface area contributed by atoms with Gasteiger partial charge in [-0.1, -0.05) is 13.3 Å². The molecule has 0 aliphatic heterocycles. The zero-order valence-corrected chi connectivity index (χ0v) is 8.56. The van der Waals surface area contributed by atoms with Crippen LogP contribution in [0.5, 0.6) is 0 Å². The first-order valence-electron chi connectivity index (χ1n) is 4.63. The molecule has 0 bridgehead atoms. The molecule has 2 nitrogen and oxygen atoms in total. The van der Waals surface area contributed by atoms with E-state index in [1.807, 2.05) is 6.92 Å². The van der Waals surface area contributed by atoms with Crippen LogP contribution >= 0.6 is 0 Å². The van der Waals surface area contributed by atoms with Gasteiger partial charge in [0.15, 0.2) is 5.43 Å². The van der Waals surface area contributed by atoms with Crippen molar-refractivity contribution in [1.82, 2.24) is 4.57 Å². The topological polar surface area (TPSA) is 22.0 Å². The number of rotatable bonds is 2. The van der Waals surface area contributed by atoms with Gasteiger partial charge in [0.2, 0.25) is 0 Å². The second-order valence-corrected chi connectivity index (χ2v) is 3.41. The smallest absolute Gasteiger partial charge is 0.347 e. The third-order valence-electron chi connectivity index (χ3n) is 2.12. The van der Waals surface area contributed by atoms with Crippen molar-refractivity contribution in [2.24, 2.45) is 7.05 Å². The quantitative estimate of drug-likeness (QED) is 0.748. The fourth-order valence-electron chi connectivity index (χ4n) is 1.42. The number of hydrogen-bond donors (Lipinski definition) is 0. The average molecular weight is 219 g/mol. The van der Waals surface area contributed by atoms with E-state index in [2.05, 4.69) is 0 Å². The van der Waals surface area contributed by atoms with Crippen molar-refractivity contribution in [3.8, 4) is 0 Å². The van der Waals surface area contributed by atoms with E-state index in [4.69, 9.17) is 0 Å². The first kappa shape index (κ1) is 11.8. The Morgan fingerprint density at radius 1 is 1.40 bits per heavy atom. The molecular weight excluding hydrogens is 207 g/mol. The fraction of sp³-hybridized carbons (Fsp3) is 0.500. The Bertz CT molecular complexity index is 406. The van der Waals surface area contributed by atoms with Crippen molar-refractivity contribution in [3.63, 3.8) is 0 Å². The molecule has 0 amide bonds. The van der Waals surface area contributed by atoms with Gasteiger partial charge in [-0.3, -0.25) is 4.79 Å². The maximum Gasteiger partial charge on any atom is 0.431 e. The molecule has 15 heavy (non-hydrogen) atoms. The lowest BCUT2D eigenvalue weighted by atomic mass is 10.1. The molecule has 0 unspecified atom stereocenters. The maximum absolute atomic E-state index is 12.4. The lowest BCUT2D eigenvalue weighted by molar-refractivity contribution is -0.143. The van der Waals surface area contributed by atoms with Crippen molar-refractivity contribution in [1.29, 1.82) is 0 Å². The third-order valence-corrected chi connectivity index (χ3v) is 2.12. The highest BCUT2D eigenvalue weighted by molar-refractivity contribution is 5.18. The molecule has 1 aromatic heterocycles. The molecule has 0 saturated carbocycles. The van der Waals surface area contributed by atoms with Gasteiger partial charge >= 0.3 is 6.18 Å². The molecule has 0 atom stereocenters. The van der Waals surface area contributed by atoms with Crippen LogP contribution in [0.1, 0.15) is 24.6 Å². The van der Waals surface area contributed by atoms with E-state index in [9.17, 15) is 18.0 Å². The molecule has 0 N–H and O–H groups in total. The van der Waals surface area contributed by atoms with Crippen molar-refractivity contribution in [3.05, 3.63) is 33.7 Å². The summed E-state index contributed by atoms with van der Waals surface area (Å²) >= 11 is 0. The van der Waals surface area contributed by atoms with Gasteiger partial charge in [0, 0.05) is 24.9 Å². The Balaban J connectivity index is 3.26. The van der Waals surface area contributed by atoms with Crippen molar-refractivity contribution in [2.45, 2.75) is 25.9 Å². The van der Waals surface area contributed by atoms with Gasteiger partial charge in [0.25, 0.3) is 0 Å². The predicted molar refractivity (Wildman–Crippen MR) is 50.7 cm³/mol. The van der Waals surface area contributed by atoms with Crippen LogP contribution in [0.25, 0.3) is 0 Å². The van der Waals surface area contributed by atoms with E-state index in [0.29, 0.717) is 18.1 Å². The van der Waals surface area contributed by atoms with Crippen molar-refractivity contribution < 1.29 is 13.2 Å². The van der Waals surface area contributed by atoms with Gasteiger partial charge in [-0.05, 0) is 6.42 Å². The number of aryl methyl sites for hydroxylation is 2. The first-order chi connectivity index (χ1) is 6.86. The molecule has 0 radical (unpaired) electrons.